The zero-order chi connectivity index (χ0) is 16.7. The van der Waals surface area contributed by atoms with Gasteiger partial charge in [-0.1, -0.05) is 19.8 Å². The number of unbranched alkanes of at least 4 members (excludes halogenated alkanes) is 2. The predicted molar refractivity (Wildman–Crippen MR) is 82.9 cm³/mol. The Morgan fingerprint density at radius 3 is 2.39 bits per heavy atom. The largest absolute Gasteiger partial charge is 0.372 e. The highest BCUT2D eigenvalue weighted by atomic mass is 16.8. The predicted octanol–water partition coefficient (Wildman–Crippen LogP) is 2.59. The van der Waals surface area contributed by atoms with Gasteiger partial charge < -0.3 is 28.4 Å². The first-order valence-corrected chi connectivity index (χ1v) is 8.76. The zero-order valence-corrected chi connectivity index (χ0v) is 14.9. The molecule has 23 heavy (non-hydrogen) atoms. The van der Waals surface area contributed by atoms with Gasteiger partial charge in [-0.15, -0.1) is 0 Å². The minimum absolute atomic E-state index is 0.165. The molecule has 0 aromatic rings. The molecule has 134 valence electrons. The molecule has 0 N–H and O–H groups in total. The average Bonchev–Trinajstić information content (AvgIpc) is 3.05. The Hall–Kier alpha value is -0.240. The number of rotatable bonds is 6. The maximum atomic E-state index is 6.14. The van der Waals surface area contributed by atoms with E-state index in [1.165, 1.54) is 6.42 Å². The lowest BCUT2D eigenvalue weighted by atomic mass is 10.1. The van der Waals surface area contributed by atoms with Crippen LogP contribution in [0.25, 0.3) is 0 Å². The van der Waals surface area contributed by atoms with Crippen LogP contribution in [0.4, 0.5) is 0 Å². The third-order valence-electron chi connectivity index (χ3n) is 4.48. The second-order valence-corrected chi connectivity index (χ2v) is 7.48. The van der Waals surface area contributed by atoms with Gasteiger partial charge >= 0.3 is 0 Å². The molecule has 3 fully saturated rings. The summed E-state index contributed by atoms with van der Waals surface area (Å²) in [4.78, 5) is 0. The Morgan fingerprint density at radius 2 is 1.74 bits per heavy atom. The smallest absolute Gasteiger partial charge is 0.190 e. The molecule has 0 aromatic carbocycles. The molecule has 0 aliphatic carbocycles. The van der Waals surface area contributed by atoms with Crippen LogP contribution in [0.5, 0.6) is 0 Å². The lowest BCUT2D eigenvalue weighted by Crippen LogP contribution is -2.44. The van der Waals surface area contributed by atoms with Crippen molar-refractivity contribution in [3.8, 4) is 0 Å². The molecule has 0 radical (unpaired) electrons. The van der Waals surface area contributed by atoms with E-state index in [1.54, 1.807) is 0 Å². The normalized spacial score (nSPS) is 41.3. The third kappa shape index (κ3) is 3.89. The van der Waals surface area contributed by atoms with Gasteiger partial charge in [-0.2, -0.15) is 0 Å². The lowest BCUT2D eigenvalue weighted by molar-refractivity contribution is -0.236. The van der Waals surface area contributed by atoms with Crippen LogP contribution in [-0.2, 0) is 28.4 Å². The number of hydrogen-bond acceptors (Lipinski definition) is 6. The number of fused-ring (bicyclic) bond motifs is 1. The maximum Gasteiger partial charge on any atom is 0.190 e. The van der Waals surface area contributed by atoms with Crippen LogP contribution in [0.15, 0.2) is 0 Å². The van der Waals surface area contributed by atoms with Crippen LogP contribution in [-0.4, -0.2) is 55.5 Å². The van der Waals surface area contributed by atoms with Gasteiger partial charge in [-0.25, -0.2) is 0 Å². The van der Waals surface area contributed by atoms with Gasteiger partial charge in [0.25, 0.3) is 0 Å². The highest BCUT2D eigenvalue weighted by Crippen LogP contribution is 2.41. The highest BCUT2D eigenvalue weighted by Gasteiger charge is 2.58. The van der Waals surface area contributed by atoms with Gasteiger partial charge in [0.2, 0.25) is 0 Å². The van der Waals surface area contributed by atoms with E-state index in [9.17, 15) is 0 Å². The Kier molecular flexibility index (Phi) is 5.03. The highest BCUT2D eigenvalue weighted by molar-refractivity contribution is 4.98. The standard InChI is InChI=1S/C17H30O6/c1-6-7-8-9-18-13-12(11-10-19-16(2,3)21-11)20-15-14(13)22-17(4,5)23-15/h11-15H,6-10H2,1-5H3/t11-,12-,13+,14?,15?/m1/s1. The van der Waals surface area contributed by atoms with Crippen molar-refractivity contribution in [1.82, 2.24) is 0 Å². The van der Waals surface area contributed by atoms with Crippen LogP contribution >= 0.6 is 0 Å². The molecule has 5 atom stereocenters. The van der Waals surface area contributed by atoms with Crippen molar-refractivity contribution < 1.29 is 28.4 Å². The van der Waals surface area contributed by atoms with Gasteiger partial charge in [-0.05, 0) is 34.1 Å². The fourth-order valence-electron chi connectivity index (χ4n) is 3.44. The molecule has 0 saturated carbocycles. The summed E-state index contributed by atoms with van der Waals surface area (Å²) in [6.45, 7) is 11.0. The number of hydrogen-bond donors (Lipinski definition) is 0. The van der Waals surface area contributed by atoms with E-state index in [0.29, 0.717) is 13.2 Å². The Balaban J connectivity index is 1.66. The van der Waals surface area contributed by atoms with Crippen molar-refractivity contribution in [1.29, 1.82) is 0 Å². The zero-order valence-electron chi connectivity index (χ0n) is 14.9. The minimum Gasteiger partial charge on any atom is -0.372 e. The monoisotopic (exact) mass is 330 g/mol. The van der Waals surface area contributed by atoms with E-state index in [2.05, 4.69) is 6.92 Å². The first kappa shape index (κ1) is 17.6. The van der Waals surface area contributed by atoms with Crippen LogP contribution in [0.3, 0.4) is 0 Å². The summed E-state index contributed by atoms with van der Waals surface area (Å²) in [5.74, 6) is -1.23. The summed E-state index contributed by atoms with van der Waals surface area (Å²) in [5, 5.41) is 0. The second kappa shape index (κ2) is 6.58. The molecule has 6 heteroatoms. The van der Waals surface area contributed by atoms with Crippen LogP contribution in [0.2, 0.25) is 0 Å². The Morgan fingerprint density at radius 1 is 0.957 bits per heavy atom. The van der Waals surface area contributed by atoms with Gasteiger partial charge in [0.05, 0.1) is 6.61 Å². The van der Waals surface area contributed by atoms with Gasteiger partial charge in [0.1, 0.15) is 24.4 Å². The van der Waals surface area contributed by atoms with E-state index in [-0.39, 0.29) is 24.4 Å². The summed E-state index contributed by atoms with van der Waals surface area (Å²) < 4.78 is 35.7. The topological polar surface area (TPSA) is 55.4 Å². The van der Waals surface area contributed by atoms with E-state index in [4.69, 9.17) is 28.4 Å². The number of ether oxygens (including phenoxy) is 6. The SMILES string of the molecule is CCCCCO[C@@H]1C2OC(C)(C)OC2O[C@@H]1[C@H]1COC(C)(C)O1. The Bertz CT molecular complexity index is 410. The van der Waals surface area contributed by atoms with Gasteiger partial charge in [0.15, 0.2) is 17.9 Å². The summed E-state index contributed by atoms with van der Waals surface area (Å²) in [7, 11) is 0. The average molecular weight is 330 g/mol. The molecule has 3 heterocycles. The summed E-state index contributed by atoms with van der Waals surface area (Å²) in [6, 6.07) is 0. The first-order valence-electron chi connectivity index (χ1n) is 8.76. The molecule has 0 bridgehead atoms. The second-order valence-electron chi connectivity index (χ2n) is 7.48. The van der Waals surface area contributed by atoms with Crippen molar-refractivity contribution in [2.75, 3.05) is 13.2 Å². The maximum absolute atomic E-state index is 6.14. The molecule has 3 rings (SSSR count). The molecule has 0 aromatic heterocycles. The molecule has 2 unspecified atom stereocenters. The molecule has 3 saturated heterocycles. The van der Waals surface area contributed by atoms with Crippen molar-refractivity contribution >= 4 is 0 Å². The molecule has 0 spiro atoms. The van der Waals surface area contributed by atoms with Crippen molar-refractivity contribution in [3.63, 3.8) is 0 Å². The first-order chi connectivity index (χ1) is 10.8. The van der Waals surface area contributed by atoms with Crippen molar-refractivity contribution in [2.24, 2.45) is 0 Å². The quantitative estimate of drug-likeness (QED) is 0.698. The molecule has 3 aliphatic rings. The van der Waals surface area contributed by atoms with Crippen LogP contribution < -0.4 is 0 Å². The summed E-state index contributed by atoms with van der Waals surface area (Å²) in [5.41, 5.74) is 0. The fourth-order valence-corrected chi connectivity index (χ4v) is 3.44. The summed E-state index contributed by atoms with van der Waals surface area (Å²) >= 11 is 0. The van der Waals surface area contributed by atoms with E-state index in [1.807, 2.05) is 27.7 Å². The lowest BCUT2D eigenvalue weighted by Gasteiger charge is -2.29. The van der Waals surface area contributed by atoms with Gasteiger partial charge in [-0.3, -0.25) is 0 Å². The van der Waals surface area contributed by atoms with E-state index in [0.717, 1.165) is 12.8 Å². The molecule has 0 amide bonds. The Labute approximate surface area is 138 Å². The van der Waals surface area contributed by atoms with Crippen molar-refractivity contribution in [3.05, 3.63) is 0 Å². The summed E-state index contributed by atoms with van der Waals surface area (Å²) in [6.07, 6.45) is 2.15. The van der Waals surface area contributed by atoms with Crippen LogP contribution in [0, 0.1) is 0 Å². The molecular formula is C17H30O6. The third-order valence-corrected chi connectivity index (χ3v) is 4.48. The van der Waals surface area contributed by atoms with E-state index < -0.39 is 17.9 Å². The molecule has 3 aliphatic heterocycles. The van der Waals surface area contributed by atoms with Crippen molar-refractivity contribution in [2.45, 2.75) is 96.2 Å². The fraction of sp³-hybridized carbons (Fsp3) is 1.00. The van der Waals surface area contributed by atoms with Crippen LogP contribution in [0.1, 0.15) is 53.9 Å². The molecule has 6 nitrogen and oxygen atoms in total. The van der Waals surface area contributed by atoms with E-state index >= 15 is 0 Å². The minimum atomic E-state index is -0.641. The van der Waals surface area contributed by atoms with Gasteiger partial charge in [0, 0.05) is 6.61 Å². The molecular weight excluding hydrogens is 300 g/mol.